The van der Waals surface area contributed by atoms with E-state index in [4.69, 9.17) is 22.4 Å². The Morgan fingerprint density at radius 3 is 2.55 bits per heavy atom. The predicted molar refractivity (Wildman–Crippen MR) is 45.2 cm³/mol. The summed E-state index contributed by atoms with van der Waals surface area (Å²) in [5.74, 6) is -0.918. The number of halogens is 2. The molecule has 0 unspecified atom stereocenters. The number of carbonyl (C=O) groups is 1. The number of carboxylic acids is 1. The van der Waals surface area contributed by atoms with E-state index in [0.717, 1.165) is 0 Å². The Balaban J connectivity index is 0.000001000. The van der Waals surface area contributed by atoms with E-state index >= 15 is 0 Å². The van der Waals surface area contributed by atoms with Gasteiger partial charge in [0.05, 0.1) is 5.38 Å². The molecule has 0 aromatic heterocycles. The monoisotopic (exact) mass is 197 g/mol. The number of carboxylic acid groups (broad SMARTS) is 1. The van der Waals surface area contributed by atoms with E-state index in [1.165, 1.54) is 6.08 Å². The molecule has 0 aliphatic heterocycles. The standard InChI is InChI=1S/C6H8ClNO2.ClH/c7-4-1-3(6(9)10)2-5(4)8;/h2,4-5H,1,8H2,(H,9,10);1H/t4-,5-;/m0./s1. The van der Waals surface area contributed by atoms with Crippen LogP contribution in [0.25, 0.3) is 0 Å². The third-order valence-corrected chi connectivity index (χ3v) is 1.95. The van der Waals surface area contributed by atoms with Gasteiger partial charge in [0.1, 0.15) is 0 Å². The summed E-state index contributed by atoms with van der Waals surface area (Å²) in [5.41, 5.74) is 5.76. The average Bonchev–Trinajstić information content (AvgIpc) is 2.13. The van der Waals surface area contributed by atoms with Gasteiger partial charge in [-0.1, -0.05) is 6.08 Å². The van der Waals surface area contributed by atoms with Crippen molar-refractivity contribution in [2.45, 2.75) is 17.8 Å². The second kappa shape index (κ2) is 3.95. The summed E-state index contributed by atoms with van der Waals surface area (Å²) in [7, 11) is 0. The quantitative estimate of drug-likeness (QED) is 0.611. The number of hydrogen-bond acceptors (Lipinski definition) is 2. The minimum Gasteiger partial charge on any atom is -0.478 e. The van der Waals surface area contributed by atoms with Crippen molar-refractivity contribution in [1.29, 1.82) is 0 Å². The van der Waals surface area contributed by atoms with E-state index in [2.05, 4.69) is 0 Å². The molecule has 0 aromatic carbocycles. The first-order valence-corrected chi connectivity index (χ1v) is 3.38. The first kappa shape index (κ1) is 10.8. The minimum absolute atomic E-state index is 0. The van der Waals surface area contributed by atoms with E-state index in [1.54, 1.807) is 0 Å². The molecule has 3 N–H and O–H groups in total. The lowest BCUT2D eigenvalue weighted by atomic mass is 10.2. The van der Waals surface area contributed by atoms with Crippen molar-refractivity contribution >= 4 is 30.0 Å². The van der Waals surface area contributed by atoms with Gasteiger partial charge in [-0.15, -0.1) is 24.0 Å². The Hall–Kier alpha value is -0.250. The van der Waals surface area contributed by atoms with Crippen LogP contribution in [0, 0.1) is 0 Å². The van der Waals surface area contributed by atoms with Crippen LogP contribution in [0.4, 0.5) is 0 Å². The molecule has 1 aliphatic rings. The molecule has 5 heteroatoms. The second-order valence-corrected chi connectivity index (χ2v) is 2.86. The molecule has 11 heavy (non-hydrogen) atoms. The molecule has 64 valence electrons. The zero-order valence-corrected chi connectivity index (χ0v) is 7.23. The topological polar surface area (TPSA) is 63.3 Å². The van der Waals surface area contributed by atoms with Gasteiger partial charge >= 0.3 is 5.97 Å². The lowest BCUT2D eigenvalue weighted by Gasteiger charge is -2.02. The van der Waals surface area contributed by atoms with Crippen molar-refractivity contribution in [3.8, 4) is 0 Å². The van der Waals surface area contributed by atoms with Gasteiger partial charge in [0, 0.05) is 11.6 Å². The average molecular weight is 198 g/mol. The summed E-state index contributed by atoms with van der Waals surface area (Å²) in [6, 6.07) is -0.298. The van der Waals surface area contributed by atoms with Crippen molar-refractivity contribution < 1.29 is 9.90 Å². The third-order valence-electron chi connectivity index (χ3n) is 1.50. The molecule has 0 heterocycles. The van der Waals surface area contributed by atoms with Crippen LogP contribution in [-0.4, -0.2) is 22.5 Å². The number of alkyl halides is 1. The zero-order valence-electron chi connectivity index (χ0n) is 5.66. The maximum Gasteiger partial charge on any atom is 0.331 e. The Labute approximate surface area is 75.6 Å². The van der Waals surface area contributed by atoms with Crippen molar-refractivity contribution in [1.82, 2.24) is 0 Å². The van der Waals surface area contributed by atoms with Crippen molar-refractivity contribution in [3.05, 3.63) is 11.6 Å². The highest BCUT2D eigenvalue weighted by atomic mass is 35.5. The van der Waals surface area contributed by atoms with Crippen molar-refractivity contribution in [2.75, 3.05) is 0 Å². The molecule has 0 spiro atoms. The van der Waals surface area contributed by atoms with E-state index < -0.39 is 5.97 Å². The van der Waals surface area contributed by atoms with Crippen molar-refractivity contribution in [2.24, 2.45) is 5.73 Å². The SMILES string of the molecule is Cl.N[C@H]1C=C(C(=O)O)C[C@@H]1Cl. The largest absolute Gasteiger partial charge is 0.478 e. The van der Waals surface area contributed by atoms with E-state index in [1.807, 2.05) is 0 Å². The summed E-state index contributed by atoms with van der Waals surface area (Å²) in [5, 5.41) is 8.22. The molecule has 0 bridgehead atoms. The van der Waals surface area contributed by atoms with Gasteiger partial charge in [-0.3, -0.25) is 0 Å². The fourth-order valence-corrected chi connectivity index (χ4v) is 1.15. The van der Waals surface area contributed by atoms with Crippen LogP contribution in [0.5, 0.6) is 0 Å². The van der Waals surface area contributed by atoms with Gasteiger partial charge in [0.15, 0.2) is 0 Å². The Morgan fingerprint density at radius 1 is 1.82 bits per heavy atom. The van der Waals surface area contributed by atoms with Crippen LogP contribution in [0.15, 0.2) is 11.6 Å². The molecule has 0 radical (unpaired) electrons. The van der Waals surface area contributed by atoms with Crippen LogP contribution in [-0.2, 0) is 4.79 Å². The molecule has 2 atom stereocenters. The summed E-state index contributed by atoms with van der Waals surface area (Å²) >= 11 is 5.66. The lowest BCUT2D eigenvalue weighted by molar-refractivity contribution is -0.132. The highest BCUT2D eigenvalue weighted by molar-refractivity contribution is 6.22. The molecule has 0 amide bonds. The number of rotatable bonds is 1. The fraction of sp³-hybridized carbons (Fsp3) is 0.500. The summed E-state index contributed by atoms with van der Waals surface area (Å²) < 4.78 is 0. The zero-order chi connectivity index (χ0) is 7.72. The van der Waals surface area contributed by atoms with Gasteiger partial charge < -0.3 is 10.8 Å². The van der Waals surface area contributed by atoms with Crippen molar-refractivity contribution in [3.63, 3.8) is 0 Å². The van der Waals surface area contributed by atoms with Gasteiger partial charge in [-0.05, 0) is 6.42 Å². The van der Waals surface area contributed by atoms with E-state index in [0.29, 0.717) is 12.0 Å². The Kier molecular flexibility index (Phi) is 3.86. The van der Waals surface area contributed by atoms with Crippen LogP contribution in [0.1, 0.15) is 6.42 Å². The van der Waals surface area contributed by atoms with E-state index in [9.17, 15) is 4.79 Å². The summed E-state index contributed by atoms with van der Waals surface area (Å²) in [6.07, 6.45) is 1.87. The highest BCUT2D eigenvalue weighted by Gasteiger charge is 2.25. The number of hydrogen-bond donors (Lipinski definition) is 2. The number of nitrogens with two attached hydrogens (primary N) is 1. The predicted octanol–water partition coefficient (Wildman–Crippen LogP) is 0.758. The molecular formula is C6H9Cl2NO2. The fourth-order valence-electron chi connectivity index (χ4n) is 0.910. The first-order valence-electron chi connectivity index (χ1n) is 2.95. The molecule has 1 rings (SSSR count). The minimum atomic E-state index is -0.918. The normalized spacial score (nSPS) is 29.1. The maximum atomic E-state index is 10.3. The molecule has 0 saturated carbocycles. The van der Waals surface area contributed by atoms with Crippen LogP contribution in [0.2, 0.25) is 0 Å². The summed E-state index contributed by atoms with van der Waals surface area (Å²) in [4.78, 5) is 10.3. The molecule has 1 aliphatic carbocycles. The van der Waals surface area contributed by atoms with Gasteiger partial charge in [0.2, 0.25) is 0 Å². The molecular weight excluding hydrogens is 189 g/mol. The summed E-state index contributed by atoms with van der Waals surface area (Å²) in [6.45, 7) is 0. The highest BCUT2D eigenvalue weighted by Crippen LogP contribution is 2.22. The van der Waals surface area contributed by atoms with Gasteiger partial charge in [0.25, 0.3) is 0 Å². The molecule has 0 fully saturated rings. The Bertz CT molecular complexity index is 193. The van der Waals surface area contributed by atoms with Gasteiger partial charge in [-0.2, -0.15) is 0 Å². The molecule has 3 nitrogen and oxygen atoms in total. The van der Waals surface area contributed by atoms with Crippen LogP contribution in [0.3, 0.4) is 0 Å². The number of aliphatic carboxylic acids is 1. The molecule has 0 saturated heterocycles. The Morgan fingerprint density at radius 2 is 2.36 bits per heavy atom. The van der Waals surface area contributed by atoms with Gasteiger partial charge in [-0.25, -0.2) is 4.79 Å². The molecule has 0 aromatic rings. The second-order valence-electron chi connectivity index (χ2n) is 2.29. The lowest BCUT2D eigenvalue weighted by Crippen LogP contribution is -2.23. The smallest absolute Gasteiger partial charge is 0.331 e. The first-order chi connectivity index (χ1) is 4.61. The third kappa shape index (κ3) is 2.36. The van der Waals surface area contributed by atoms with Crippen LogP contribution >= 0.6 is 24.0 Å². The van der Waals surface area contributed by atoms with Crippen LogP contribution < -0.4 is 5.73 Å². The van der Waals surface area contributed by atoms with E-state index in [-0.39, 0.29) is 23.8 Å². The maximum absolute atomic E-state index is 10.3.